The van der Waals surface area contributed by atoms with Crippen molar-refractivity contribution < 1.29 is 4.79 Å². The topological polar surface area (TPSA) is 86.7 Å². The van der Waals surface area contributed by atoms with Gasteiger partial charge < -0.3 is 5.73 Å². The monoisotopic (exact) mass is 423 g/mol. The molecule has 30 heavy (non-hydrogen) atoms. The van der Waals surface area contributed by atoms with Gasteiger partial charge in [0, 0.05) is 24.9 Å². The van der Waals surface area contributed by atoms with Gasteiger partial charge in [0.05, 0.1) is 22.3 Å². The molecule has 0 bridgehead atoms. The number of aromatic nitrogens is 4. The number of aryl methyl sites for hydroxylation is 2. The van der Waals surface area contributed by atoms with Gasteiger partial charge in [-0.25, -0.2) is 9.97 Å². The van der Waals surface area contributed by atoms with E-state index in [1.54, 1.807) is 6.20 Å². The van der Waals surface area contributed by atoms with E-state index in [4.69, 9.17) is 22.3 Å². The number of benzene rings is 1. The van der Waals surface area contributed by atoms with Crippen LogP contribution in [-0.2, 0) is 29.5 Å². The first-order chi connectivity index (χ1) is 14.4. The van der Waals surface area contributed by atoms with Crippen LogP contribution < -0.4 is 5.73 Å². The van der Waals surface area contributed by atoms with Crippen LogP contribution in [0.5, 0.6) is 0 Å². The van der Waals surface area contributed by atoms with E-state index >= 15 is 0 Å². The van der Waals surface area contributed by atoms with Crippen LogP contribution in [0.4, 0.5) is 0 Å². The minimum absolute atomic E-state index is 0.237. The van der Waals surface area contributed by atoms with Gasteiger partial charge in [-0.2, -0.15) is 5.10 Å². The van der Waals surface area contributed by atoms with Crippen molar-refractivity contribution in [1.29, 1.82) is 0 Å². The zero-order valence-electron chi connectivity index (χ0n) is 17.3. The molecule has 0 atom stereocenters. The van der Waals surface area contributed by atoms with E-state index in [1.165, 1.54) is 0 Å². The smallest absolute Gasteiger partial charge is 0.228 e. The van der Waals surface area contributed by atoms with Crippen molar-refractivity contribution in [3.8, 4) is 0 Å². The average Bonchev–Trinajstić information content (AvgIpc) is 3.41. The molecule has 0 aliphatic heterocycles. The lowest BCUT2D eigenvalue weighted by Crippen LogP contribution is -2.29. The van der Waals surface area contributed by atoms with Crippen molar-refractivity contribution in [2.75, 3.05) is 0 Å². The van der Waals surface area contributed by atoms with E-state index in [-0.39, 0.29) is 5.91 Å². The molecule has 0 unspecified atom stereocenters. The maximum Gasteiger partial charge on any atom is 0.228 e. The predicted octanol–water partition coefficient (Wildman–Crippen LogP) is 3.80. The molecule has 2 aromatic heterocycles. The minimum atomic E-state index is -0.492. The number of carbonyl (C=O) groups excluding carboxylic acids is 1. The maximum atomic E-state index is 12.0. The van der Waals surface area contributed by atoms with Gasteiger partial charge in [0.1, 0.15) is 5.82 Å². The zero-order valence-corrected chi connectivity index (χ0v) is 18.1. The van der Waals surface area contributed by atoms with E-state index < -0.39 is 5.41 Å². The van der Waals surface area contributed by atoms with Crippen molar-refractivity contribution in [1.82, 2.24) is 19.7 Å². The second-order valence-electron chi connectivity index (χ2n) is 8.28. The number of halogens is 1. The molecule has 4 rings (SSSR count). The highest BCUT2D eigenvalue weighted by molar-refractivity contribution is 6.31. The lowest BCUT2D eigenvalue weighted by Gasteiger charge is -2.16. The van der Waals surface area contributed by atoms with Crippen LogP contribution in [0.15, 0.2) is 42.9 Å². The Bertz CT molecular complexity index is 1070. The number of hydrogen-bond donors (Lipinski definition) is 1. The Morgan fingerprint density at radius 2 is 2.00 bits per heavy atom. The SMILES string of the molecule is CC(C)n1cc(Cc2ncc(Cl)c(CCc3ccccc3C3(C(N)=O)CC3)n2)cn1. The van der Waals surface area contributed by atoms with Gasteiger partial charge in [0.2, 0.25) is 5.91 Å². The fourth-order valence-corrected chi connectivity index (χ4v) is 4.06. The Labute approximate surface area is 181 Å². The molecule has 1 saturated carbocycles. The van der Waals surface area contributed by atoms with Gasteiger partial charge in [-0.1, -0.05) is 35.9 Å². The molecule has 156 valence electrons. The third-order valence-corrected chi connectivity index (χ3v) is 6.11. The van der Waals surface area contributed by atoms with Gasteiger partial charge in [0.15, 0.2) is 0 Å². The Morgan fingerprint density at radius 1 is 1.23 bits per heavy atom. The van der Waals surface area contributed by atoms with Gasteiger partial charge in [-0.15, -0.1) is 0 Å². The highest BCUT2D eigenvalue weighted by Crippen LogP contribution is 2.49. The fraction of sp³-hybridized carbons (Fsp3) is 0.391. The summed E-state index contributed by atoms with van der Waals surface area (Å²) >= 11 is 6.39. The first-order valence-corrected chi connectivity index (χ1v) is 10.7. The molecular weight excluding hydrogens is 398 g/mol. The molecule has 7 heteroatoms. The molecule has 2 N–H and O–H groups in total. The lowest BCUT2D eigenvalue weighted by molar-refractivity contribution is -0.120. The van der Waals surface area contributed by atoms with Crippen LogP contribution >= 0.6 is 11.6 Å². The largest absolute Gasteiger partial charge is 0.369 e. The minimum Gasteiger partial charge on any atom is -0.369 e. The molecule has 1 aliphatic carbocycles. The first kappa shape index (κ1) is 20.5. The predicted molar refractivity (Wildman–Crippen MR) is 116 cm³/mol. The third-order valence-electron chi connectivity index (χ3n) is 5.80. The zero-order chi connectivity index (χ0) is 21.3. The van der Waals surface area contributed by atoms with Crippen LogP contribution in [0, 0.1) is 0 Å². The van der Waals surface area contributed by atoms with Gasteiger partial charge in [-0.05, 0) is 56.2 Å². The normalized spacial score (nSPS) is 14.8. The van der Waals surface area contributed by atoms with Crippen molar-refractivity contribution in [2.45, 2.75) is 57.4 Å². The average molecular weight is 424 g/mol. The van der Waals surface area contributed by atoms with E-state index in [1.807, 2.05) is 35.3 Å². The molecule has 0 radical (unpaired) electrons. The highest BCUT2D eigenvalue weighted by atomic mass is 35.5. The summed E-state index contributed by atoms with van der Waals surface area (Å²) in [7, 11) is 0. The molecule has 2 heterocycles. The molecule has 1 aromatic carbocycles. The molecule has 3 aromatic rings. The quantitative estimate of drug-likeness (QED) is 0.597. The molecule has 6 nitrogen and oxygen atoms in total. The highest BCUT2D eigenvalue weighted by Gasteiger charge is 2.50. The van der Waals surface area contributed by atoms with Crippen molar-refractivity contribution in [3.63, 3.8) is 0 Å². The summed E-state index contributed by atoms with van der Waals surface area (Å²) in [5, 5.41) is 4.94. The summed E-state index contributed by atoms with van der Waals surface area (Å²) < 4.78 is 1.93. The lowest BCUT2D eigenvalue weighted by atomic mass is 9.88. The van der Waals surface area contributed by atoms with Crippen LogP contribution in [0.3, 0.4) is 0 Å². The van der Waals surface area contributed by atoms with Crippen LogP contribution in [0.2, 0.25) is 5.02 Å². The van der Waals surface area contributed by atoms with E-state index in [0.29, 0.717) is 23.9 Å². The molecular formula is C23H26ClN5O. The second kappa shape index (κ2) is 8.19. The summed E-state index contributed by atoms with van der Waals surface area (Å²) in [6.45, 7) is 4.19. The first-order valence-electron chi connectivity index (χ1n) is 10.3. The summed E-state index contributed by atoms with van der Waals surface area (Å²) in [5.74, 6) is 0.487. The number of carbonyl (C=O) groups is 1. The number of amides is 1. The summed E-state index contributed by atoms with van der Waals surface area (Å²) in [4.78, 5) is 21.1. The fourth-order valence-electron chi connectivity index (χ4n) is 3.87. The van der Waals surface area contributed by atoms with Gasteiger partial charge in [0.25, 0.3) is 0 Å². The molecule has 0 saturated heterocycles. The number of rotatable bonds is 8. The number of nitrogens with zero attached hydrogens (tertiary/aromatic N) is 4. The molecule has 1 fully saturated rings. The Hall–Kier alpha value is -2.73. The third kappa shape index (κ3) is 4.10. The van der Waals surface area contributed by atoms with E-state index in [0.717, 1.165) is 47.5 Å². The van der Waals surface area contributed by atoms with Crippen molar-refractivity contribution in [3.05, 3.63) is 76.1 Å². The number of primary amides is 1. The van der Waals surface area contributed by atoms with Crippen LogP contribution in [0.25, 0.3) is 0 Å². The van der Waals surface area contributed by atoms with Crippen molar-refractivity contribution in [2.24, 2.45) is 5.73 Å². The molecule has 1 amide bonds. The van der Waals surface area contributed by atoms with Gasteiger partial charge >= 0.3 is 0 Å². The van der Waals surface area contributed by atoms with Crippen molar-refractivity contribution >= 4 is 17.5 Å². The summed E-state index contributed by atoms with van der Waals surface area (Å²) in [5.41, 5.74) is 9.26. The second-order valence-corrected chi connectivity index (χ2v) is 8.69. The van der Waals surface area contributed by atoms with E-state index in [2.05, 4.69) is 30.0 Å². The Kier molecular flexibility index (Phi) is 5.60. The van der Waals surface area contributed by atoms with Crippen LogP contribution in [-0.4, -0.2) is 25.7 Å². The number of hydrogen-bond acceptors (Lipinski definition) is 4. The van der Waals surface area contributed by atoms with E-state index in [9.17, 15) is 4.79 Å². The Balaban J connectivity index is 1.51. The molecule has 1 aliphatic rings. The standard InChI is InChI=1S/C23H26ClN5O/c1-15(2)29-14-16(12-27-29)11-21-26-13-19(24)20(28-21)8-7-17-5-3-4-6-18(17)23(9-10-23)22(25)30/h3-6,12-15H,7-11H2,1-2H3,(H2,25,30). The van der Waals surface area contributed by atoms with Gasteiger partial charge in [-0.3, -0.25) is 9.48 Å². The Morgan fingerprint density at radius 3 is 2.67 bits per heavy atom. The summed E-state index contributed by atoms with van der Waals surface area (Å²) in [6.07, 6.45) is 9.22. The van der Waals surface area contributed by atoms with Crippen LogP contribution in [0.1, 0.15) is 60.9 Å². The number of nitrogens with two attached hydrogens (primary N) is 1. The molecule has 0 spiro atoms. The summed E-state index contributed by atoms with van der Waals surface area (Å²) in [6, 6.07) is 8.36. The maximum absolute atomic E-state index is 12.0.